The van der Waals surface area contributed by atoms with Crippen molar-refractivity contribution in [2.45, 2.75) is 13.8 Å². The fourth-order valence-electron chi connectivity index (χ4n) is 0.224. The fraction of sp³-hybridized carbons (Fsp3) is 1.00. The maximum atomic E-state index is 5.62. The van der Waals surface area contributed by atoms with Crippen molar-refractivity contribution in [1.82, 2.24) is 0 Å². The highest BCUT2D eigenvalue weighted by atomic mass is 31.0. The Kier molecular flexibility index (Phi) is 2.74. The highest BCUT2D eigenvalue weighted by Gasteiger charge is 2.06. The Morgan fingerprint density at radius 3 is 1.71 bits per heavy atom. The lowest BCUT2D eigenvalue weighted by Gasteiger charge is -2.23. The Balaban J connectivity index is 3.36. The van der Waals surface area contributed by atoms with E-state index in [0.717, 1.165) is 13.1 Å². The molecule has 1 atom stereocenters. The molecule has 0 aromatic heterocycles. The lowest BCUT2D eigenvalue weighted by atomic mass is 10.6. The summed E-state index contributed by atoms with van der Waals surface area (Å²) in [5.41, 5.74) is 0. The summed E-state index contributed by atoms with van der Waals surface area (Å²) >= 11 is 0. The summed E-state index contributed by atoms with van der Waals surface area (Å²) in [6, 6.07) is 0. The number of hydrogen-bond donors (Lipinski definition) is 1. The smallest absolute Gasteiger partial charge is 0.0947 e. The summed E-state index contributed by atoms with van der Waals surface area (Å²) in [5, 5.41) is 0. The second-order valence-electron chi connectivity index (χ2n) is 1.74. The maximum Gasteiger partial charge on any atom is 0.0947 e. The molecule has 0 aliphatic heterocycles. The van der Waals surface area contributed by atoms with Crippen LogP contribution in [0.25, 0.3) is 0 Å². The standard InChI is InChI=1S/C4H14N2P/c1-3-6(5,7)4-2/h3-5,7H2,1-2H3/q+1. The number of hydrogen-bond acceptors (Lipinski definition) is 1. The average Bonchev–Trinajstić information content (AvgIpc) is 1.68. The number of nitrogens with zero attached hydrogens (tertiary/aromatic N) is 1. The van der Waals surface area contributed by atoms with Crippen LogP contribution < -0.4 is 5.84 Å². The maximum absolute atomic E-state index is 5.62. The van der Waals surface area contributed by atoms with Crippen LogP contribution in [0.2, 0.25) is 0 Å². The van der Waals surface area contributed by atoms with Crippen LogP contribution in [0.3, 0.4) is 0 Å². The molecule has 0 rings (SSSR count). The van der Waals surface area contributed by atoms with E-state index in [1.54, 1.807) is 0 Å². The first-order valence-corrected chi connectivity index (χ1v) is 3.08. The molecule has 0 spiro atoms. The van der Waals surface area contributed by atoms with Gasteiger partial charge in [-0.05, 0) is 13.8 Å². The molecule has 2 nitrogen and oxygen atoms in total. The largest absolute Gasteiger partial charge is 0.240 e. The lowest BCUT2D eigenvalue weighted by Crippen LogP contribution is -2.43. The molecule has 1 unspecified atom stereocenters. The summed E-state index contributed by atoms with van der Waals surface area (Å²) in [6.45, 7) is 6.08. The van der Waals surface area contributed by atoms with Crippen LogP contribution in [0.1, 0.15) is 13.8 Å². The molecule has 0 fully saturated rings. The van der Waals surface area contributed by atoms with E-state index in [1.165, 1.54) is 0 Å². The lowest BCUT2D eigenvalue weighted by molar-refractivity contribution is -0.808. The van der Waals surface area contributed by atoms with Gasteiger partial charge in [0.15, 0.2) is 0 Å². The van der Waals surface area contributed by atoms with Gasteiger partial charge in [0.2, 0.25) is 0 Å². The molecular weight excluding hydrogens is 107 g/mol. The van der Waals surface area contributed by atoms with Gasteiger partial charge in [0.05, 0.1) is 22.5 Å². The van der Waals surface area contributed by atoms with E-state index in [4.69, 9.17) is 5.84 Å². The van der Waals surface area contributed by atoms with Crippen molar-refractivity contribution < 1.29 is 4.36 Å². The van der Waals surface area contributed by atoms with Crippen molar-refractivity contribution in [2.75, 3.05) is 13.1 Å². The number of nitrogens with two attached hydrogens (primary N) is 1. The van der Waals surface area contributed by atoms with Crippen molar-refractivity contribution in [3.8, 4) is 0 Å². The molecule has 7 heavy (non-hydrogen) atoms. The van der Waals surface area contributed by atoms with E-state index >= 15 is 0 Å². The van der Waals surface area contributed by atoms with Crippen molar-refractivity contribution in [2.24, 2.45) is 5.84 Å². The first kappa shape index (κ1) is 7.35. The van der Waals surface area contributed by atoms with E-state index < -0.39 is 0 Å². The SMILES string of the molecule is CC[N+](N)(P)CC. The minimum Gasteiger partial charge on any atom is -0.240 e. The minimum atomic E-state index is 0.556. The Morgan fingerprint density at radius 1 is 1.43 bits per heavy atom. The Hall–Kier alpha value is 0.350. The molecule has 0 aliphatic carbocycles. The fourth-order valence-corrected chi connectivity index (χ4v) is 0.224. The van der Waals surface area contributed by atoms with Gasteiger partial charge in [-0.2, -0.15) is 5.84 Å². The quantitative estimate of drug-likeness (QED) is 0.321. The highest BCUT2D eigenvalue weighted by Crippen LogP contribution is 2.03. The molecule has 3 heteroatoms. The molecule has 0 saturated carbocycles. The molecule has 0 heterocycles. The monoisotopic (exact) mass is 121 g/mol. The highest BCUT2D eigenvalue weighted by molar-refractivity contribution is 7.08. The van der Waals surface area contributed by atoms with E-state index in [2.05, 4.69) is 23.2 Å². The third-order valence-corrected chi connectivity index (χ3v) is 1.91. The van der Waals surface area contributed by atoms with Gasteiger partial charge in [-0.1, -0.05) is 0 Å². The van der Waals surface area contributed by atoms with E-state index in [0.29, 0.717) is 4.36 Å². The Labute approximate surface area is 47.5 Å². The normalized spacial score (nSPS) is 12.0. The van der Waals surface area contributed by atoms with Crippen LogP contribution in [-0.4, -0.2) is 17.5 Å². The molecule has 0 radical (unpaired) electrons. The number of quaternary nitrogens is 1. The summed E-state index contributed by atoms with van der Waals surface area (Å²) in [4.78, 5) is 0. The second kappa shape index (κ2) is 2.61. The van der Waals surface area contributed by atoms with Crippen molar-refractivity contribution in [3.63, 3.8) is 0 Å². The van der Waals surface area contributed by atoms with Crippen LogP contribution in [0, 0.1) is 0 Å². The topological polar surface area (TPSA) is 26.0 Å². The minimum absolute atomic E-state index is 0.556. The molecule has 0 aromatic rings. The predicted molar refractivity (Wildman–Crippen MR) is 35.2 cm³/mol. The van der Waals surface area contributed by atoms with Crippen molar-refractivity contribution >= 4 is 9.39 Å². The van der Waals surface area contributed by atoms with Gasteiger partial charge >= 0.3 is 0 Å². The summed E-state index contributed by atoms with van der Waals surface area (Å²) < 4.78 is 0.556. The van der Waals surface area contributed by atoms with E-state index in [-0.39, 0.29) is 0 Å². The summed E-state index contributed by atoms with van der Waals surface area (Å²) in [7, 11) is 2.58. The van der Waals surface area contributed by atoms with Crippen LogP contribution in [0.4, 0.5) is 0 Å². The van der Waals surface area contributed by atoms with Gasteiger partial charge in [-0.15, -0.1) is 0 Å². The van der Waals surface area contributed by atoms with E-state index in [9.17, 15) is 0 Å². The van der Waals surface area contributed by atoms with Gasteiger partial charge in [0, 0.05) is 0 Å². The van der Waals surface area contributed by atoms with E-state index in [1.807, 2.05) is 0 Å². The molecule has 2 N–H and O–H groups in total. The molecule has 0 aliphatic rings. The van der Waals surface area contributed by atoms with Gasteiger partial charge in [-0.25, -0.2) is 4.36 Å². The summed E-state index contributed by atoms with van der Waals surface area (Å²) in [5.74, 6) is 5.62. The molecule has 0 aromatic carbocycles. The predicted octanol–water partition coefficient (Wildman–Crippen LogP) is 0.507. The summed E-state index contributed by atoms with van der Waals surface area (Å²) in [6.07, 6.45) is 0. The zero-order valence-corrected chi connectivity index (χ0v) is 6.17. The van der Waals surface area contributed by atoms with Gasteiger partial charge in [0.25, 0.3) is 0 Å². The van der Waals surface area contributed by atoms with Crippen LogP contribution in [0.5, 0.6) is 0 Å². The third kappa shape index (κ3) is 2.98. The van der Waals surface area contributed by atoms with Crippen molar-refractivity contribution in [3.05, 3.63) is 0 Å². The first-order chi connectivity index (χ1) is 3.12. The first-order valence-electron chi connectivity index (χ1n) is 2.56. The van der Waals surface area contributed by atoms with Crippen LogP contribution in [0.15, 0.2) is 0 Å². The molecule has 0 saturated heterocycles. The zero-order valence-electron chi connectivity index (χ0n) is 5.02. The van der Waals surface area contributed by atoms with Gasteiger partial charge in [-0.3, -0.25) is 0 Å². The van der Waals surface area contributed by atoms with Gasteiger partial charge < -0.3 is 0 Å². The zero-order chi connectivity index (χ0) is 5.91. The molecule has 0 bridgehead atoms. The molecule has 0 amide bonds. The molecule has 44 valence electrons. The Bertz CT molecular complexity index is 47.7. The van der Waals surface area contributed by atoms with Crippen LogP contribution in [-0.2, 0) is 0 Å². The average molecular weight is 121 g/mol. The molecular formula is C4H14N2P+. The van der Waals surface area contributed by atoms with Gasteiger partial charge in [0.1, 0.15) is 0 Å². The third-order valence-electron chi connectivity index (χ3n) is 1.18. The second-order valence-corrected chi connectivity index (χ2v) is 2.76. The van der Waals surface area contributed by atoms with Crippen LogP contribution >= 0.6 is 9.39 Å². The van der Waals surface area contributed by atoms with Crippen molar-refractivity contribution in [1.29, 1.82) is 0 Å². The number of rotatable bonds is 2. The Morgan fingerprint density at radius 2 is 1.71 bits per heavy atom.